The zero-order valence-corrected chi connectivity index (χ0v) is 12.7. The predicted octanol–water partition coefficient (Wildman–Crippen LogP) is 2.30. The number of hydrogen-bond donors (Lipinski definition) is 2. The van der Waals surface area contributed by atoms with Gasteiger partial charge < -0.3 is 15.2 Å². The van der Waals surface area contributed by atoms with Crippen LogP contribution in [-0.4, -0.2) is 25.4 Å². The number of amides is 2. The van der Waals surface area contributed by atoms with E-state index in [-0.39, 0.29) is 12.2 Å². The molecule has 1 heterocycles. The van der Waals surface area contributed by atoms with Crippen LogP contribution in [0.15, 0.2) is 39.8 Å². The Labute approximate surface area is 130 Å². The van der Waals surface area contributed by atoms with Gasteiger partial charge in [0.2, 0.25) is 9.84 Å². The SMILES string of the molecule is Cc1cc(CNC(=O)Nc2ccc(S(=O)(=O)C(F)F)cc2)on1. The first-order valence-electron chi connectivity index (χ1n) is 6.38. The molecule has 2 aromatic rings. The van der Waals surface area contributed by atoms with Gasteiger partial charge in [-0.2, -0.15) is 8.78 Å². The lowest BCUT2D eigenvalue weighted by molar-refractivity contribution is 0.234. The molecule has 0 saturated heterocycles. The molecule has 0 bridgehead atoms. The molecule has 0 fully saturated rings. The Balaban J connectivity index is 1.94. The fourth-order valence-electron chi connectivity index (χ4n) is 1.67. The Morgan fingerprint density at radius 3 is 2.48 bits per heavy atom. The van der Waals surface area contributed by atoms with E-state index in [1.54, 1.807) is 13.0 Å². The first kappa shape index (κ1) is 16.9. The third-order valence-electron chi connectivity index (χ3n) is 2.78. The van der Waals surface area contributed by atoms with Gasteiger partial charge in [-0.05, 0) is 31.2 Å². The Kier molecular flexibility index (Phi) is 4.94. The summed E-state index contributed by atoms with van der Waals surface area (Å²) < 4.78 is 52.2. The van der Waals surface area contributed by atoms with Crippen LogP contribution in [0.1, 0.15) is 11.5 Å². The summed E-state index contributed by atoms with van der Waals surface area (Å²) in [7, 11) is -4.65. The van der Waals surface area contributed by atoms with Crippen LogP contribution in [0.25, 0.3) is 0 Å². The number of halogens is 2. The third-order valence-corrected chi connectivity index (χ3v) is 4.17. The number of nitrogens with one attached hydrogen (secondary N) is 2. The lowest BCUT2D eigenvalue weighted by Gasteiger charge is -2.07. The number of rotatable bonds is 5. The van der Waals surface area contributed by atoms with Crippen molar-refractivity contribution in [2.45, 2.75) is 24.1 Å². The molecule has 23 heavy (non-hydrogen) atoms. The summed E-state index contributed by atoms with van der Waals surface area (Å²) in [6.45, 7) is 1.85. The van der Waals surface area contributed by atoms with Crippen molar-refractivity contribution in [2.24, 2.45) is 0 Å². The highest BCUT2D eigenvalue weighted by molar-refractivity contribution is 7.91. The van der Waals surface area contributed by atoms with E-state index < -0.39 is 26.5 Å². The first-order valence-corrected chi connectivity index (χ1v) is 7.93. The molecule has 0 aliphatic heterocycles. The fourth-order valence-corrected chi connectivity index (χ4v) is 2.39. The Morgan fingerprint density at radius 2 is 1.96 bits per heavy atom. The number of aromatic nitrogens is 1. The number of nitrogens with zero attached hydrogens (tertiary/aromatic N) is 1. The molecule has 10 heteroatoms. The van der Waals surface area contributed by atoms with Crippen molar-refractivity contribution in [1.29, 1.82) is 0 Å². The van der Waals surface area contributed by atoms with Gasteiger partial charge in [0.05, 0.1) is 17.1 Å². The Morgan fingerprint density at radius 1 is 1.30 bits per heavy atom. The fraction of sp³-hybridized carbons (Fsp3) is 0.231. The molecule has 0 aliphatic carbocycles. The quantitative estimate of drug-likeness (QED) is 0.866. The number of sulfone groups is 1. The molecule has 7 nitrogen and oxygen atoms in total. The number of carbonyl (C=O) groups is 1. The van der Waals surface area contributed by atoms with Gasteiger partial charge in [0.1, 0.15) is 0 Å². The zero-order valence-electron chi connectivity index (χ0n) is 11.9. The molecular weight excluding hydrogens is 332 g/mol. The molecule has 0 saturated carbocycles. The maximum absolute atomic E-state index is 12.4. The molecule has 0 unspecified atom stereocenters. The second-order valence-corrected chi connectivity index (χ2v) is 6.49. The molecule has 0 aliphatic rings. The van der Waals surface area contributed by atoms with Crippen molar-refractivity contribution in [3.8, 4) is 0 Å². The normalized spacial score (nSPS) is 11.5. The van der Waals surface area contributed by atoms with Crippen molar-refractivity contribution >= 4 is 21.6 Å². The predicted molar refractivity (Wildman–Crippen MR) is 76.7 cm³/mol. The molecule has 2 amide bonds. The third kappa shape index (κ3) is 4.25. The van der Waals surface area contributed by atoms with E-state index in [0.29, 0.717) is 11.5 Å². The highest BCUT2D eigenvalue weighted by Gasteiger charge is 2.26. The van der Waals surface area contributed by atoms with Crippen molar-refractivity contribution in [3.63, 3.8) is 0 Å². The van der Waals surface area contributed by atoms with Gasteiger partial charge in [-0.1, -0.05) is 5.16 Å². The van der Waals surface area contributed by atoms with Gasteiger partial charge in [-0.15, -0.1) is 0 Å². The first-order chi connectivity index (χ1) is 10.8. The van der Waals surface area contributed by atoms with Crippen LogP contribution >= 0.6 is 0 Å². The summed E-state index contributed by atoms with van der Waals surface area (Å²) >= 11 is 0. The number of alkyl halides is 2. The highest BCUT2D eigenvalue weighted by Crippen LogP contribution is 2.20. The number of urea groups is 1. The van der Waals surface area contributed by atoms with Crippen LogP contribution in [-0.2, 0) is 16.4 Å². The van der Waals surface area contributed by atoms with E-state index in [4.69, 9.17) is 4.52 Å². The van der Waals surface area contributed by atoms with Gasteiger partial charge in [0.25, 0.3) is 0 Å². The minimum Gasteiger partial charge on any atom is -0.359 e. The van der Waals surface area contributed by atoms with Crippen molar-refractivity contribution in [1.82, 2.24) is 10.5 Å². The molecule has 2 rings (SSSR count). The summed E-state index contributed by atoms with van der Waals surface area (Å²) in [4.78, 5) is 11.1. The lowest BCUT2D eigenvalue weighted by Crippen LogP contribution is -2.28. The second-order valence-electron chi connectivity index (χ2n) is 4.57. The minimum absolute atomic E-state index is 0.116. The van der Waals surface area contributed by atoms with Crippen molar-refractivity contribution in [2.75, 3.05) is 5.32 Å². The summed E-state index contributed by atoms with van der Waals surface area (Å²) in [5.41, 5.74) is 0.933. The summed E-state index contributed by atoms with van der Waals surface area (Å²) in [5, 5.41) is 8.59. The van der Waals surface area contributed by atoms with Gasteiger partial charge in [-0.3, -0.25) is 0 Å². The molecule has 124 valence electrons. The van der Waals surface area contributed by atoms with E-state index in [9.17, 15) is 22.0 Å². The number of aryl methyl sites for hydroxylation is 1. The van der Waals surface area contributed by atoms with Crippen molar-refractivity contribution < 1.29 is 26.5 Å². The molecular formula is C13H13F2N3O4S. The van der Waals surface area contributed by atoms with E-state index in [0.717, 1.165) is 12.1 Å². The van der Waals surface area contributed by atoms with Gasteiger partial charge in [-0.25, -0.2) is 13.2 Å². The Bertz CT molecular complexity index is 788. The van der Waals surface area contributed by atoms with Crippen LogP contribution in [0, 0.1) is 6.92 Å². The number of hydrogen-bond acceptors (Lipinski definition) is 5. The van der Waals surface area contributed by atoms with Crippen LogP contribution in [0.2, 0.25) is 0 Å². The highest BCUT2D eigenvalue weighted by atomic mass is 32.2. The topological polar surface area (TPSA) is 101 Å². The molecule has 0 atom stereocenters. The largest absolute Gasteiger partial charge is 0.359 e. The summed E-state index contributed by atoms with van der Waals surface area (Å²) in [6.07, 6.45) is 0. The number of benzene rings is 1. The van der Waals surface area contributed by atoms with E-state index >= 15 is 0 Å². The molecule has 2 N–H and O–H groups in total. The maximum atomic E-state index is 12.4. The van der Waals surface area contributed by atoms with Crippen LogP contribution < -0.4 is 10.6 Å². The number of anilines is 1. The minimum atomic E-state index is -4.65. The maximum Gasteiger partial charge on any atom is 0.341 e. The lowest BCUT2D eigenvalue weighted by atomic mass is 10.3. The van der Waals surface area contributed by atoms with Gasteiger partial charge in [0, 0.05) is 11.8 Å². The van der Waals surface area contributed by atoms with Crippen LogP contribution in [0.3, 0.4) is 0 Å². The average Bonchev–Trinajstić information content (AvgIpc) is 2.91. The number of carbonyl (C=O) groups excluding carboxylic acids is 1. The summed E-state index contributed by atoms with van der Waals surface area (Å²) in [6, 6.07) is 5.52. The molecule has 0 radical (unpaired) electrons. The van der Waals surface area contributed by atoms with Gasteiger partial charge >= 0.3 is 11.8 Å². The standard InChI is InChI=1S/C13H13F2N3O4S/c1-8-6-10(22-18-8)7-16-13(19)17-9-2-4-11(5-3-9)23(20,21)12(14)15/h2-6,12H,7H2,1H3,(H2,16,17,19). The van der Waals surface area contributed by atoms with Crippen molar-refractivity contribution in [3.05, 3.63) is 41.8 Å². The van der Waals surface area contributed by atoms with Crippen LogP contribution in [0.5, 0.6) is 0 Å². The smallest absolute Gasteiger partial charge is 0.341 e. The monoisotopic (exact) mass is 345 g/mol. The van der Waals surface area contributed by atoms with Crippen LogP contribution in [0.4, 0.5) is 19.3 Å². The van der Waals surface area contributed by atoms with E-state index in [2.05, 4.69) is 15.8 Å². The molecule has 1 aromatic heterocycles. The second kappa shape index (κ2) is 6.73. The van der Waals surface area contributed by atoms with E-state index in [1.165, 1.54) is 12.1 Å². The summed E-state index contributed by atoms with van der Waals surface area (Å²) in [5.74, 6) is -3.02. The zero-order chi connectivity index (χ0) is 17.0. The van der Waals surface area contributed by atoms with E-state index in [1.807, 2.05) is 0 Å². The molecule has 0 spiro atoms. The molecule has 1 aromatic carbocycles. The average molecular weight is 345 g/mol. The Hall–Kier alpha value is -2.49. The van der Waals surface area contributed by atoms with Gasteiger partial charge in [0.15, 0.2) is 5.76 Å².